The van der Waals surface area contributed by atoms with Crippen LogP contribution in [0, 0.1) is 13.8 Å². The highest BCUT2D eigenvalue weighted by Gasteiger charge is 2.13. The second kappa shape index (κ2) is 9.90. The van der Waals surface area contributed by atoms with E-state index in [1.165, 1.54) is 16.7 Å². The number of ether oxygens (including phenoxy) is 2. The van der Waals surface area contributed by atoms with Crippen LogP contribution in [0.3, 0.4) is 0 Å². The van der Waals surface area contributed by atoms with E-state index in [0.717, 1.165) is 41.3 Å². The van der Waals surface area contributed by atoms with Crippen LogP contribution in [0.1, 0.15) is 48.7 Å². The van der Waals surface area contributed by atoms with E-state index in [-0.39, 0.29) is 0 Å². The molecule has 0 atom stereocenters. The molecule has 0 bridgehead atoms. The minimum atomic E-state index is 0.406. The van der Waals surface area contributed by atoms with E-state index in [1.807, 2.05) is 18.2 Å². The molecule has 0 aliphatic heterocycles. The van der Waals surface area contributed by atoms with Gasteiger partial charge in [-0.05, 0) is 67.6 Å². The number of para-hydroxylation sites is 2. The molecule has 0 N–H and O–H groups in total. The molecule has 1 heterocycles. The van der Waals surface area contributed by atoms with Crippen LogP contribution < -0.4 is 9.47 Å². The number of fused-ring (bicyclic) bond motifs is 1. The Morgan fingerprint density at radius 1 is 0.875 bits per heavy atom. The molecule has 0 spiro atoms. The quantitative estimate of drug-likeness (QED) is 0.274. The van der Waals surface area contributed by atoms with Crippen LogP contribution in [0.25, 0.3) is 11.0 Å². The first-order chi connectivity index (χ1) is 15.5. The van der Waals surface area contributed by atoms with Crippen LogP contribution in [0.4, 0.5) is 0 Å². The minimum absolute atomic E-state index is 0.406. The van der Waals surface area contributed by atoms with Gasteiger partial charge in [-0.2, -0.15) is 0 Å². The molecule has 166 valence electrons. The molecule has 0 fully saturated rings. The Labute approximate surface area is 190 Å². The van der Waals surface area contributed by atoms with E-state index >= 15 is 0 Å². The summed E-state index contributed by atoms with van der Waals surface area (Å²) >= 11 is 0. The molecule has 0 saturated heterocycles. The van der Waals surface area contributed by atoms with Crippen LogP contribution in [-0.2, 0) is 13.2 Å². The Bertz CT molecular complexity index is 1180. The zero-order valence-corrected chi connectivity index (χ0v) is 19.5. The van der Waals surface area contributed by atoms with Crippen LogP contribution in [0.5, 0.6) is 11.5 Å². The Balaban J connectivity index is 1.48. The van der Waals surface area contributed by atoms with E-state index in [0.29, 0.717) is 19.1 Å². The van der Waals surface area contributed by atoms with Crippen LogP contribution in [0.15, 0.2) is 66.7 Å². The van der Waals surface area contributed by atoms with Crippen molar-refractivity contribution in [1.82, 2.24) is 9.55 Å². The number of aromatic nitrogens is 2. The van der Waals surface area contributed by atoms with Crippen LogP contribution in [-0.4, -0.2) is 16.2 Å². The summed E-state index contributed by atoms with van der Waals surface area (Å²) < 4.78 is 14.5. The highest BCUT2D eigenvalue weighted by Crippen LogP contribution is 2.28. The van der Waals surface area contributed by atoms with Crippen molar-refractivity contribution in [2.45, 2.75) is 53.2 Å². The van der Waals surface area contributed by atoms with Crippen molar-refractivity contribution < 1.29 is 9.47 Å². The van der Waals surface area contributed by atoms with Gasteiger partial charge in [0.25, 0.3) is 0 Å². The standard InChI is InChI=1S/C28H32N2O2/c1-20(2)24-15-12-22(4)18-27(24)32-19-28-29-25-8-5-6-9-26(25)30(28)16-7-17-31-23-13-10-21(3)11-14-23/h5-6,8-15,18,20H,7,16-17,19H2,1-4H3. The number of aryl methyl sites for hydroxylation is 3. The Morgan fingerprint density at radius 3 is 2.41 bits per heavy atom. The van der Waals surface area contributed by atoms with Crippen molar-refractivity contribution in [2.24, 2.45) is 0 Å². The third kappa shape index (κ3) is 5.13. The number of hydrogen-bond donors (Lipinski definition) is 0. The van der Waals surface area contributed by atoms with Gasteiger partial charge in [0.05, 0.1) is 17.6 Å². The highest BCUT2D eigenvalue weighted by molar-refractivity contribution is 5.75. The molecule has 0 unspecified atom stereocenters. The summed E-state index contributed by atoms with van der Waals surface area (Å²) in [6.07, 6.45) is 0.892. The normalized spacial score (nSPS) is 11.3. The molecule has 0 aliphatic carbocycles. The molecule has 3 aromatic carbocycles. The second-order valence-electron chi connectivity index (χ2n) is 8.67. The van der Waals surface area contributed by atoms with E-state index in [2.05, 4.69) is 80.8 Å². The van der Waals surface area contributed by atoms with Crippen molar-refractivity contribution in [1.29, 1.82) is 0 Å². The fourth-order valence-corrected chi connectivity index (χ4v) is 3.92. The number of imidazole rings is 1. The van der Waals surface area contributed by atoms with E-state index < -0.39 is 0 Å². The molecule has 0 amide bonds. The molecule has 4 heteroatoms. The summed E-state index contributed by atoms with van der Waals surface area (Å²) in [4.78, 5) is 4.87. The Kier molecular flexibility index (Phi) is 6.79. The summed E-state index contributed by atoms with van der Waals surface area (Å²) in [6.45, 7) is 10.5. The number of hydrogen-bond acceptors (Lipinski definition) is 3. The molecule has 0 radical (unpaired) electrons. The van der Waals surface area contributed by atoms with Gasteiger partial charge in [0.1, 0.15) is 23.9 Å². The lowest BCUT2D eigenvalue weighted by molar-refractivity contribution is 0.277. The lowest BCUT2D eigenvalue weighted by Crippen LogP contribution is -2.11. The van der Waals surface area contributed by atoms with E-state index in [1.54, 1.807) is 0 Å². The first-order valence-electron chi connectivity index (χ1n) is 11.4. The molecule has 0 saturated carbocycles. The fraction of sp³-hybridized carbons (Fsp3) is 0.321. The zero-order chi connectivity index (χ0) is 22.5. The van der Waals surface area contributed by atoms with Crippen molar-refractivity contribution >= 4 is 11.0 Å². The first-order valence-corrected chi connectivity index (χ1v) is 11.4. The number of nitrogens with zero attached hydrogens (tertiary/aromatic N) is 2. The van der Waals surface area contributed by atoms with Gasteiger partial charge in [-0.15, -0.1) is 0 Å². The Morgan fingerprint density at radius 2 is 1.62 bits per heavy atom. The molecular weight excluding hydrogens is 396 g/mol. The van der Waals surface area contributed by atoms with Gasteiger partial charge in [-0.3, -0.25) is 0 Å². The van der Waals surface area contributed by atoms with Crippen molar-refractivity contribution in [3.63, 3.8) is 0 Å². The fourth-order valence-electron chi connectivity index (χ4n) is 3.92. The highest BCUT2D eigenvalue weighted by atomic mass is 16.5. The molecule has 4 nitrogen and oxygen atoms in total. The second-order valence-corrected chi connectivity index (χ2v) is 8.67. The smallest absolute Gasteiger partial charge is 0.148 e. The van der Waals surface area contributed by atoms with Gasteiger partial charge >= 0.3 is 0 Å². The maximum Gasteiger partial charge on any atom is 0.148 e. The zero-order valence-electron chi connectivity index (χ0n) is 19.5. The summed E-state index contributed by atoms with van der Waals surface area (Å²) in [7, 11) is 0. The average Bonchev–Trinajstić information content (AvgIpc) is 3.14. The van der Waals surface area contributed by atoms with Crippen LogP contribution in [0.2, 0.25) is 0 Å². The Hall–Kier alpha value is -3.27. The minimum Gasteiger partial charge on any atom is -0.494 e. The van der Waals surface area contributed by atoms with Gasteiger partial charge < -0.3 is 14.0 Å². The average molecular weight is 429 g/mol. The van der Waals surface area contributed by atoms with Crippen molar-refractivity contribution in [3.05, 3.63) is 89.2 Å². The van der Waals surface area contributed by atoms with Gasteiger partial charge in [0, 0.05) is 6.54 Å². The lowest BCUT2D eigenvalue weighted by Gasteiger charge is -2.16. The summed E-state index contributed by atoms with van der Waals surface area (Å²) in [5.74, 6) is 3.21. The van der Waals surface area contributed by atoms with Crippen LogP contribution >= 0.6 is 0 Å². The largest absolute Gasteiger partial charge is 0.494 e. The third-order valence-electron chi connectivity index (χ3n) is 5.70. The molecular formula is C28H32N2O2. The van der Waals surface area contributed by atoms with Crippen molar-refractivity contribution in [3.8, 4) is 11.5 Å². The third-order valence-corrected chi connectivity index (χ3v) is 5.70. The SMILES string of the molecule is Cc1ccc(OCCCn2c(COc3cc(C)ccc3C(C)C)nc3ccccc32)cc1. The molecule has 0 aliphatic rings. The number of rotatable bonds is 9. The van der Waals surface area contributed by atoms with Gasteiger partial charge in [-0.25, -0.2) is 4.98 Å². The molecule has 1 aromatic heterocycles. The van der Waals surface area contributed by atoms with Gasteiger partial charge in [-0.1, -0.05) is 55.8 Å². The summed E-state index contributed by atoms with van der Waals surface area (Å²) in [6, 6.07) is 22.9. The summed E-state index contributed by atoms with van der Waals surface area (Å²) in [5.41, 5.74) is 5.80. The lowest BCUT2D eigenvalue weighted by atomic mass is 10.0. The molecule has 32 heavy (non-hydrogen) atoms. The van der Waals surface area contributed by atoms with Gasteiger partial charge in [0.15, 0.2) is 0 Å². The molecule has 4 rings (SSSR count). The van der Waals surface area contributed by atoms with Crippen molar-refractivity contribution in [2.75, 3.05) is 6.61 Å². The monoisotopic (exact) mass is 428 g/mol. The van der Waals surface area contributed by atoms with E-state index in [9.17, 15) is 0 Å². The summed E-state index contributed by atoms with van der Waals surface area (Å²) in [5, 5.41) is 0. The first kappa shape index (κ1) is 21.9. The molecule has 4 aromatic rings. The van der Waals surface area contributed by atoms with E-state index in [4.69, 9.17) is 14.5 Å². The maximum atomic E-state index is 6.31. The topological polar surface area (TPSA) is 36.3 Å². The van der Waals surface area contributed by atoms with Gasteiger partial charge in [0.2, 0.25) is 0 Å². The number of benzene rings is 3. The maximum absolute atomic E-state index is 6.31. The predicted octanol–water partition coefficient (Wildman–Crippen LogP) is 6.82. The predicted molar refractivity (Wildman–Crippen MR) is 131 cm³/mol.